The molecule has 0 unspecified atom stereocenters. The van der Waals surface area contributed by atoms with Crippen LogP contribution in [0.5, 0.6) is 23.0 Å². The zero-order valence-corrected chi connectivity index (χ0v) is 21.9. The summed E-state index contributed by atoms with van der Waals surface area (Å²) in [5.41, 5.74) is -1.70. The van der Waals surface area contributed by atoms with Gasteiger partial charge in [0.2, 0.25) is 0 Å². The van der Waals surface area contributed by atoms with Gasteiger partial charge in [0.15, 0.2) is 17.3 Å². The number of fused-ring (bicyclic) bond motifs is 3. The highest BCUT2D eigenvalue weighted by atomic mass is 16.5. The quantitative estimate of drug-likeness (QED) is 0.246. The van der Waals surface area contributed by atoms with Crippen molar-refractivity contribution < 1.29 is 39.2 Å². The Bertz CT molecular complexity index is 1440. The van der Waals surface area contributed by atoms with E-state index in [1.807, 2.05) is 0 Å². The van der Waals surface area contributed by atoms with Gasteiger partial charge >= 0.3 is 0 Å². The molecule has 1 atom stereocenters. The largest absolute Gasteiger partial charge is 0.507 e. The molecular formula is C30H30O8. The molecule has 198 valence electrons. The summed E-state index contributed by atoms with van der Waals surface area (Å²) in [6.07, 6.45) is 4.87. The lowest BCUT2D eigenvalue weighted by Crippen LogP contribution is -2.38. The Morgan fingerprint density at radius 2 is 1.76 bits per heavy atom. The summed E-state index contributed by atoms with van der Waals surface area (Å²) in [5, 5.41) is 32.0. The summed E-state index contributed by atoms with van der Waals surface area (Å²) in [7, 11) is 0. The van der Waals surface area contributed by atoms with Gasteiger partial charge in [0, 0.05) is 11.6 Å². The molecule has 0 radical (unpaired) electrons. The fourth-order valence-corrected chi connectivity index (χ4v) is 4.60. The minimum atomic E-state index is -1.67. The molecule has 0 bridgehead atoms. The smallest absolute Gasteiger partial charge is 0.193 e. The number of benzene rings is 2. The lowest BCUT2D eigenvalue weighted by molar-refractivity contribution is -0.123. The molecule has 2 aromatic rings. The summed E-state index contributed by atoms with van der Waals surface area (Å²) >= 11 is 0. The molecule has 0 spiro atoms. The van der Waals surface area contributed by atoms with E-state index in [0.29, 0.717) is 23.8 Å². The molecule has 2 aromatic carbocycles. The maximum Gasteiger partial charge on any atom is 0.193 e. The van der Waals surface area contributed by atoms with Crippen LogP contribution in [0.1, 0.15) is 61.2 Å². The second-order valence-electron chi connectivity index (χ2n) is 10.1. The van der Waals surface area contributed by atoms with Crippen molar-refractivity contribution in [1.82, 2.24) is 0 Å². The van der Waals surface area contributed by atoms with Crippen molar-refractivity contribution in [3.8, 4) is 23.0 Å². The Hall–Kier alpha value is -4.33. The monoisotopic (exact) mass is 518 g/mol. The molecule has 8 heteroatoms. The van der Waals surface area contributed by atoms with Gasteiger partial charge in [-0.05, 0) is 56.9 Å². The molecular weight excluding hydrogens is 488 g/mol. The SMILES string of the molecule is CC(=O)C1=C(O)C=C2Oc3c(C(=O)/C=C/c4ccc(OCCC(C)C)cc4)c(O)c(C)c(O)c3[C@]2(C)C1=O. The number of carbonyl (C=O) groups excluding carboxylic acids is 3. The van der Waals surface area contributed by atoms with Gasteiger partial charge in [-0.25, -0.2) is 0 Å². The van der Waals surface area contributed by atoms with Crippen molar-refractivity contribution in [2.75, 3.05) is 6.61 Å². The fraction of sp³-hybridized carbons (Fsp3) is 0.300. The van der Waals surface area contributed by atoms with E-state index in [4.69, 9.17) is 9.47 Å². The molecule has 3 N–H and O–H groups in total. The minimum absolute atomic E-state index is 0.0228. The van der Waals surface area contributed by atoms with Gasteiger partial charge in [-0.15, -0.1) is 0 Å². The third-order valence-electron chi connectivity index (χ3n) is 6.92. The van der Waals surface area contributed by atoms with Crippen LogP contribution in [-0.2, 0) is 15.0 Å². The number of phenolic OH excluding ortho intramolecular Hbond substituents is 2. The Morgan fingerprint density at radius 1 is 1.11 bits per heavy atom. The average molecular weight is 519 g/mol. The van der Waals surface area contributed by atoms with Crippen molar-refractivity contribution >= 4 is 23.4 Å². The number of aromatic hydroxyl groups is 2. The molecule has 0 saturated carbocycles. The molecule has 1 aliphatic carbocycles. The fourth-order valence-electron chi connectivity index (χ4n) is 4.60. The van der Waals surface area contributed by atoms with Gasteiger partial charge in [-0.2, -0.15) is 0 Å². The number of Topliss-reactive ketones (excluding diaryl/α,β-unsaturated/α-hetero) is 2. The predicted molar refractivity (Wildman–Crippen MR) is 141 cm³/mol. The lowest BCUT2D eigenvalue weighted by Gasteiger charge is -2.28. The van der Waals surface area contributed by atoms with Crippen LogP contribution in [0.25, 0.3) is 6.08 Å². The molecule has 2 aliphatic rings. The van der Waals surface area contributed by atoms with Crippen molar-refractivity contribution in [3.05, 3.63) is 75.8 Å². The van der Waals surface area contributed by atoms with Crippen LogP contribution in [0.15, 0.2) is 53.5 Å². The number of phenols is 2. The predicted octanol–water partition coefficient (Wildman–Crippen LogP) is 5.25. The summed E-state index contributed by atoms with van der Waals surface area (Å²) in [5.74, 6) is -2.56. The normalized spacial score (nSPS) is 18.4. The number of carbonyl (C=O) groups is 3. The molecule has 1 aliphatic heterocycles. The van der Waals surface area contributed by atoms with Crippen LogP contribution in [0.3, 0.4) is 0 Å². The van der Waals surface area contributed by atoms with E-state index in [2.05, 4.69) is 13.8 Å². The van der Waals surface area contributed by atoms with E-state index in [-0.39, 0.29) is 28.2 Å². The first kappa shape index (κ1) is 26.7. The van der Waals surface area contributed by atoms with E-state index in [0.717, 1.165) is 19.4 Å². The third kappa shape index (κ3) is 4.36. The molecule has 0 saturated heterocycles. The van der Waals surface area contributed by atoms with Gasteiger partial charge in [-0.1, -0.05) is 32.1 Å². The van der Waals surface area contributed by atoms with Gasteiger partial charge < -0.3 is 24.8 Å². The first-order valence-electron chi connectivity index (χ1n) is 12.3. The second kappa shape index (κ2) is 9.85. The molecule has 4 rings (SSSR count). The maximum atomic E-state index is 13.4. The Labute approximate surface area is 220 Å². The van der Waals surface area contributed by atoms with E-state index in [9.17, 15) is 29.7 Å². The Morgan fingerprint density at radius 3 is 2.37 bits per heavy atom. The highest BCUT2D eigenvalue weighted by Crippen LogP contribution is 2.57. The average Bonchev–Trinajstić information content (AvgIpc) is 3.14. The van der Waals surface area contributed by atoms with Crippen LogP contribution in [-0.4, -0.2) is 39.3 Å². The molecule has 8 nitrogen and oxygen atoms in total. The number of hydrogen-bond donors (Lipinski definition) is 3. The number of ether oxygens (including phenoxy) is 2. The summed E-state index contributed by atoms with van der Waals surface area (Å²) in [4.78, 5) is 38.8. The van der Waals surface area contributed by atoms with Crippen LogP contribution in [0.2, 0.25) is 0 Å². The van der Waals surface area contributed by atoms with Gasteiger partial charge in [0.1, 0.15) is 51.1 Å². The van der Waals surface area contributed by atoms with Crippen LogP contribution < -0.4 is 9.47 Å². The van der Waals surface area contributed by atoms with Gasteiger partial charge in [0.05, 0.1) is 12.2 Å². The molecule has 1 heterocycles. The topological polar surface area (TPSA) is 130 Å². The van der Waals surface area contributed by atoms with Crippen LogP contribution in [0.4, 0.5) is 0 Å². The first-order valence-corrected chi connectivity index (χ1v) is 12.3. The van der Waals surface area contributed by atoms with Crippen molar-refractivity contribution in [2.24, 2.45) is 5.92 Å². The summed E-state index contributed by atoms with van der Waals surface area (Å²) in [6, 6.07) is 7.16. The first-order chi connectivity index (χ1) is 17.9. The van der Waals surface area contributed by atoms with Gasteiger partial charge in [-0.3, -0.25) is 14.4 Å². The number of hydrogen-bond acceptors (Lipinski definition) is 8. The van der Waals surface area contributed by atoms with Crippen LogP contribution >= 0.6 is 0 Å². The van der Waals surface area contributed by atoms with Crippen LogP contribution in [0, 0.1) is 12.8 Å². The minimum Gasteiger partial charge on any atom is -0.507 e. The number of rotatable bonds is 8. The highest BCUT2D eigenvalue weighted by molar-refractivity contribution is 6.26. The molecule has 0 aromatic heterocycles. The standard InChI is InChI=1S/C30H30O8/c1-15(2)12-13-37-19-9-6-18(7-10-19)8-11-20(32)24-26(34)16(3)27(35)25-28(24)38-22-14-21(33)23(17(4)31)29(36)30(22,25)5/h6-11,14-15,33-35H,12-13H2,1-5H3/b11-8+/t30-/m1/s1. The molecule has 0 amide bonds. The van der Waals surface area contributed by atoms with Crippen molar-refractivity contribution in [3.63, 3.8) is 0 Å². The second-order valence-corrected chi connectivity index (χ2v) is 10.1. The van der Waals surface area contributed by atoms with E-state index in [1.165, 1.54) is 19.9 Å². The zero-order chi connectivity index (χ0) is 27.9. The number of aliphatic hydroxyl groups excluding tert-OH is 1. The molecule has 38 heavy (non-hydrogen) atoms. The van der Waals surface area contributed by atoms with Gasteiger partial charge in [0.25, 0.3) is 0 Å². The highest BCUT2D eigenvalue weighted by Gasteiger charge is 2.55. The lowest BCUT2D eigenvalue weighted by atomic mass is 9.71. The maximum absolute atomic E-state index is 13.4. The Kier molecular flexibility index (Phi) is 6.93. The summed E-state index contributed by atoms with van der Waals surface area (Å²) in [6.45, 7) is 8.84. The summed E-state index contributed by atoms with van der Waals surface area (Å²) < 4.78 is 11.5. The number of aliphatic hydroxyl groups is 1. The number of ketones is 3. The van der Waals surface area contributed by atoms with Crippen molar-refractivity contribution in [2.45, 2.75) is 46.5 Å². The third-order valence-corrected chi connectivity index (χ3v) is 6.92. The zero-order valence-electron chi connectivity index (χ0n) is 21.9. The van der Waals surface area contributed by atoms with Crippen molar-refractivity contribution in [1.29, 1.82) is 0 Å². The number of allylic oxidation sites excluding steroid dienone is 4. The Balaban J connectivity index is 1.69. The van der Waals surface area contributed by atoms with E-state index >= 15 is 0 Å². The van der Waals surface area contributed by atoms with E-state index in [1.54, 1.807) is 30.3 Å². The molecule has 0 fully saturated rings. The van der Waals surface area contributed by atoms with E-state index < -0.39 is 45.6 Å².